The molecule has 0 spiro atoms. The highest BCUT2D eigenvalue weighted by atomic mass is 35.5. The number of rotatable bonds is 5. The number of esters is 1. The molecular formula is C26H27ClFN3O4. The maximum atomic E-state index is 15.1. The van der Waals surface area contributed by atoms with Gasteiger partial charge in [0.15, 0.2) is 5.82 Å². The Morgan fingerprint density at radius 3 is 2.69 bits per heavy atom. The number of nitrogens with zero attached hydrogens (tertiary/aromatic N) is 3. The van der Waals surface area contributed by atoms with E-state index in [0.717, 1.165) is 18.4 Å². The second-order valence-corrected chi connectivity index (χ2v) is 9.91. The summed E-state index contributed by atoms with van der Waals surface area (Å²) in [4.78, 5) is 27.9. The molecule has 1 aliphatic heterocycles. The molecule has 2 atom stereocenters. The first-order valence-corrected chi connectivity index (χ1v) is 12.2. The van der Waals surface area contributed by atoms with Gasteiger partial charge in [0.2, 0.25) is 0 Å². The fraction of sp³-hybridized carbons (Fsp3) is 0.423. The highest BCUT2D eigenvalue weighted by Gasteiger charge is 2.46. The van der Waals surface area contributed by atoms with Crippen molar-refractivity contribution < 1.29 is 23.8 Å². The van der Waals surface area contributed by atoms with E-state index in [1.54, 1.807) is 30.9 Å². The first-order valence-electron chi connectivity index (χ1n) is 11.9. The van der Waals surface area contributed by atoms with Gasteiger partial charge in [-0.15, -0.1) is 5.10 Å². The summed E-state index contributed by atoms with van der Waals surface area (Å²) in [5.41, 5.74) is 0.503. The number of fused-ring (bicyclic) bond motifs is 1. The molecule has 0 radical (unpaired) electrons. The topological polar surface area (TPSA) is 84.7 Å². The average Bonchev–Trinajstić information content (AvgIpc) is 3.60. The van der Waals surface area contributed by atoms with Crippen LogP contribution in [0.15, 0.2) is 36.4 Å². The van der Waals surface area contributed by atoms with Crippen LogP contribution in [0.2, 0.25) is 5.02 Å². The van der Waals surface area contributed by atoms with E-state index in [1.807, 2.05) is 12.1 Å². The zero-order chi connectivity index (χ0) is 24.9. The number of hydrogen-bond acceptors (Lipinski definition) is 6. The van der Waals surface area contributed by atoms with Gasteiger partial charge in [-0.25, -0.2) is 4.39 Å². The van der Waals surface area contributed by atoms with E-state index in [9.17, 15) is 14.7 Å². The normalized spacial score (nSPS) is 22.4. The van der Waals surface area contributed by atoms with Gasteiger partial charge >= 0.3 is 5.97 Å². The monoisotopic (exact) mass is 499 g/mol. The van der Waals surface area contributed by atoms with E-state index in [2.05, 4.69) is 5.10 Å². The Morgan fingerprint density at radius 1 is 1.26 bits per heavy atom. The molecule has 1 N–H and O–H groups in total. The fourth-order valence-electron chi connectivity index (χ4n) is 4.85. The summed E-state index contributed by atoms with van der Waals surface area (Å²) in [7, 11) is 0. The molecule has 9 heteroatoms. The van der Waals surface area contributed by atoms with Crippen molar-refractivity contribution in [3.05, 3.63) is 58.4 Å². The number of β-amino-alcohol motifs (C(OH)–C–C–N with tert-alkyl or cyclic N) is 1. The second kappa shape index (κ2) is 8.91. The highest BCUT2D eigenvalue weighted by Crippen LogP contribution is 2.44. The minimum atomic E-state index is -1.07. The van der Waals surface area contributed by atoms with Gasteiger partial charge in [-0.05, 0) is 62.8 Å². The third-order valence-electron chi connectivity index (χ3n) is 7.18. The molecule has 0 bridgehead atoms. The van der Waals surface area contributed by atoms with Crippen molar-refractivity contribution in [2.45, 2.75) is 45.1 Å². The first kappa shape index (κ1) is 23.8. The molecule has 2 aliphatic rings. The Hall–Kier alpha value is -2.97. The predicted molar refractivity (Wildman–Crippen MR) is 130 cm³/mol. The SMILES string of the molecule is CCOC(=O)[C@@]1(C)CCN(c2nn(C(=O)c3c(Cl)cccc3C3CC3)c3cccc(F)c23)C[C@@H]1O. The summed E-state index contributed by atoms with van der Waals surface area (Å²) >= 11 is 6.47. The van der Waals surface area contributed by atoms with Crippen molar-refractivity contribution in [3.8, 4) is 0 Å². The van der Waals surface area contributed by atoms with E-state index >= 15 is 4.39 Å². The van der Waals surface area contributed by atoms with Gasteiger partial charge in [0.05, 0.1) is 39.6 Å². The van der Waals surface area contributed by atoms with Crippen LogP contribution < -0.4 is 4.90 Å². The Balaban J connectivity index is 1.55. The lowest BCUT2D eigenvalue weighted by molar-refractivity contribution is -0.162. The maximum Gasteiger partial charge on any atom is 0.314 e. The summed E-state index contributed by atoms with van der Waals surface area (Å²) in [6.45, 7) is 3.99. The van der Waals surface area contributed by atoms with E-state index in [1.165, 1.54) is 16.8 Å². The Bertz CT molecular complexity index is 1320. The van der Waals surface area contributed by atoms with Crippen molar-refractivity contribution in [1.82, 2.24) is 9.78 Å². The number of aromatic nitrogens is 2. The molecule has 1 saturated carbocycles. The Morgan fingerprint density at radius 2 is 2.00 bits per heavy atom. The van der Waals surface area contributed by atoms with Crippen molar-refractivity contribution in [3.63, 3.8) is 0 Å². The third kappa shape index (κ3) is 3.98. The van der Waals surface area contributed by atoms with Gasteiger partial charge in [-0.3, -0.25) is 9.59 Å². The van der Waals surface area contributed by atoms with Gasteiger partial charge < -0.3 is 14.7 Å². The molecule has 2 fully saturated rings. The number of hydrogen-bond donors (Lipinski definition) is 1. The smallest absolute Gasteiger partial charge is 0.314 e. The number of anilines is 1. The molecule has 1 saturated heterocycles. The third-order valence-corrected chi connectivity index (χ3v) is 7.49. The largest absolute Gasteiger partial charge is 0.465 e. The summed E-state index contributed by atoms with van der Waals surface area (Å²) in [5.74, 6) is -0.880. The molecule has 1 aromatic heterocycles. The van der Waals surface area contributed by atoms with Crippen LogP contribution in [0, 0.1) is 11.2 Å². The average molecular weight is 500 g/mol. The van der Waals surface area contributed by atoms with Crippen LogP contribution in [0.1, 0.15) is 54.9 Å². The van der Waals surface area contributed by atoms with Crippen LogP contribution in [0.5, 0.6) is 0 Å². The number of ether oxygens (including phenoxy) is 1. The number of halogens is 2. The lowest BCUT2D eigenvalue weighted by Gasteiger charge is -2.41. The van der Waals surface area contributed by atoms with Crippen molar-refractivity contribution >= 4 is 40.2 Å². The number of aliphatic hydroxyl groups is 1. The molecule has 0 unspecified atom stereocenters. The predicted octanol–water partition coefficient (Wildman–Crippen LogP) is 4.54. The fourth-order valence-corrected chi connectivity index (χ4v) is 5.12. The molecule has 35 heavy (non-hydrogen) atoms. The second-order valence-electron chi connectivity index (χ2n) is 9.50. The van der Waals surface area contributed by atoms with Crippen LogP contribution in [0.3, 0.4) is 0 Å². The maximum absolute atomic E-state index is 15.1. The molecule has 3 aromatic rings. The summed E-state index contributed by atoms with van der Waals surface area (Å²) in [6, 6.07) is 9.89. The standard InChI is InChI=1S/C26H27ClFN3O4/c1-3-35-25(34)26(2)12-13-30(14-20(26)32)23-22-18(28)8-5-9-19(22)31(29-23)24(33)21-16(15-10-11-15)6-4-7-17(21)27/h4-9,15,20,32H,3,10-14H2,1-2H3/t20-,26-/m0/s1. The van der Waals surface area contributed by atoms with Crippen molar-refractivity contribution in [1.29, 1.82) is 0 Å². The molecule has 0 amide bonds. The van der Waals surface area contributed by atoms with Crippen molar-refractivity contribution in [2.75, 3.05) is 24.6 Å². The van der Waals surface area contributed by atoms with Crippen molar-refractivity contribution in [2.24, 2.45) is 5.41 Å². The Kier molecular flexibility index (Phi) is 6.05. The number of aliphatic hydroxyl groups excluding tert-OH is 1. The van der Waals surface area contributed by atoms with Gasteiger partial charge in [-0.1, -0.05) is 29.8 Å². The van der Waals surface area contributed by atoms with Crippen LogP contribution in [0.25, 0.3) is 10.9 Å². The van der Waals surface area contributed by atoms with E-state index in [0.29, 0.717) is 29.1 Å². The molecule has 2 aromatic carbocycles. The number of benzene rings is 2. The van der Waals surface area contributed by atoms with Crippen LogP contribution in [0.4, 0.5) is 10.2 Å². The summed E-state index contributed by atoms with van der Waals surface area (Å²) in [6.07, 6.45) is 1.22. The van der Waals surface area contributed by atoms with Gasteiger partial charge in [0.1, 0.15) is 5.82 Å². The van der Waals surface area contributed by atoms with E-state index < -0.39 is 29.2 Å². The zero-order valence-corrected chi connectivity index (χ0v) is 20.4. The molecule has 2 heterocycles. The number of carbonyl (C=O) groups excluding carboxylic acids is 2. The minimum Gasteiger partial charge on any atom is -0.465 e. The van der Waals surface area contributed by atoms with E-state index in [4.69, 9.17) is 16.3 Å². The first-order chi connectivity index (χ1) is 16.8. The van der Waals surface area contributed by atoms with Gasteiger partial charge in [0.25, 0.3) is 5.91 Å². The molecule has 5 rings (SSSR count). The van der Waals surface area contributed by atoms with Gasteiger partial charge in [-0.2, -0.15) is 4.68 Å². The minimum absolute atomic E-state index is 0.0450. The lowest BCUT2D eigenvalue weighted by Crippen LogP contribution is -2.54. The summed E-state index contributed by atoms with van der Waals surface area (Å²) < 4.78 is 21.5. The van der Waals surface area contributed by atoms with Crippen LogP contribution in [-0.2, 0) is 9.53 Å². The highest BCUT2D eigenvalue weighted by molar-refractivity contribution is 6.34. The lowest BCUT2D eigenvalue weighted by atomic mass is 9.78. The van der Waals surface area contributed by atoms with E-state index in [-0.39, 0.29) is 30.3 Å². The summed E-state index contributed by atoms with van der Waals surface area (Å²) in [5, 5.41) is 15.9. The number of carbonyl (C=O) groups is 2. The zero-order valence-electron chi connectivity index (χ0n) is 19.6. The van der Waals surface area contributed by atoms with Gasteiger partial charge in [0, 0.05) is 13.1 Å². The molecule has 1 aliphatic carbocycles. The Labute approximate surface area is 207 Å². The molecular weight excluding hydrogens is 473 g/mol. The quantitative estimate of drug-likeness (QED) is 0.519. The number of piperidine rings is 1. The van der Waals surface area contributed by atoms with Crippen LogP contribution >= 0.6 is 11.6 Å². The van der Waals surface area contributed by atoms with Crippen LogP contribution in [-0.4, -0.2) is 52.6 Å². The molecule has 7 nitrogen and oxygen atoms in total. The molecule has 184 valence electrons.